The summed E-state index contributed by atoms with van der Waals surface area (Å²) in [6, 6.07) is 0. The molecule has 0 saturated carbocycles. The molecule has 3 heterocycles. The molecule has 22 heavy (non-hydrogen) atoms. The van der Waals surface area contributed by atoms with Crippen LogP contribution in [0.25, 0.3) is 10.2 Å². The number of amides is 1. The minimum absolute atomic E-state index is 0.00600. The molecule has 0 fully saturated rings. The van der Waals surface area contributed by atoms with Gasteiger partial charge < -0.3 is 11.1 Å². The molecule has 1 aliphatic rings. The van der Waals surface area contributed by atoms with Crippen molar-refractivity contribution in [2.24, 2.45) is 5.73 Å². The van der Waals surface area contributed by atoms with E-state index in [1.165, 1.54) is 11.3 Å². The summed E-state index contributed by atoms with van der Waals surface area (Å²) in [4.78, 5) is 30.9. The zero-order valence-electron chi connectivity index (χ0n) is 12.6. The highest BCUT2D eigenvalue weighted by Crippen LogP contribution is 2.28. The zero-order valence-corrected chi connectivity index (χ0v) is 13.5. The minimum atomic E-state index is -0.175. The number of carbonyl (C=O) groups excluding carboxylic acids is 1. The van der Waals surface area contributed by atoms with Crippen molar-refractivity contribution >= 4 is 27.5 Å². The number of aromatic nitrogens is 2. The van der Waals surface area contributed by atoms with Crippen LogP contribution in [0.4, 0.5) is 0 Å². The second-order valence-electron chi connectivity index (χ2n) is 5.58. The first-order chi connectivity index (χ1) is 10.6. The molecule has 2 aromatic heterocycles. The van der Waals surface area contributed by atoms with E-state index in [9.17, 15) is 9.59 Å². The van der Waals surface area contributed by atoms with Gasteiger partial charge in [-0.3, -0.25) is 14.2 Å². The molecule has 0 radical (unpaired) electrons. The maximum Gasteiger partial charge on any atom is 0.262 e. The molecule has 2 aromatic rings. The minimum Gasteiger partial charge on any atom is -0.350 e. The Balaban J connectivity index is 2.13. The van der Waals surface area contributed by atoms with Crippen LogP contribution in [0.1, 0.15) is 40.3 Å². The normalized spacial score (nSPS) is 14.6. The molecule has 0 aliphatic carbocycles. The molecule has 118 valence electrons. The van der Waals surface area contributed by atoms with Crippen molar-refractivity contribution in [2.45, 2.75) is 39.2 Å². The van der Waals surface area contributed by atoms with E-state index in [0.29, 0.717) is 28.2 Å². The topological polar surface area (TPSA) is 90.0 Å². The Bertz CT molecular complexity index is 778. The van der Waals surface area contributed by atoms with Gasteiger partial charge in [0, 0.05) is 26.1 Å². The lowest BCUT2D eigenvalue weighted by Gasteiger charge is -2.08. The third kappa shape index (κ3) is 2.55. The van der Waals surface area contributed by atoms with Crippen LogP contribution in [0.15, 0.2) is 4.79 Å². The van der Waals surface area contributed by atoms with Crippen molar-refractivity contribution in [3.05, 3.63) is 26.6 Å². The lowest BCUT2D eigenvalue weighted by atomic mass is 10.2. The summed E-state index contributed by atoms with van der Waals surface area (Å²) >= 11 is 1.30. The van der Waals surface area contributed by atoms with Gasteiger partial charge in [-0.25, -0.2) is 4.98 Å². The summed E-state index contributed by atoms with van der Waals surface area (Å²) < 4.78 is 1.79. The van der Waals surface area contributed by atoms with Crippen molar-refractivity contribution < 1.29 is 4.79 Å². The van der Waals surface area contributed by atoms with Crippen molar-refractivity contribution in [2.75, 3.05) is 13.1 Å². The molecule has 0 unspecified atom stereocenters. The third-order valence-corrected chi connectivity index (χ3v) is 5.23. The fraction of sp³-hybridized carbons (Fsp3) is 0.533. The van der Waals surface area contributed by atoms with Gasteiger partial charge in [0.2, 0.25) is 0 Å². The molecule has 1 amide bonds. The number of hydrogen-bond donors (Lipinski definition) is 2. The highest BCUT2D eigenvalue weighted by atomic mass is 32.1. The largest absolute Gasteiger partial charge is 0.350 e. The van der Waals surface area contributed by atoms with E-state index >= 15 is 0 Å². The van der Waals surface area contributed by atoms with Crippen molar-refractivity contribution in [3.8, 4) is 0 Å². The van der Waals surface area contributed by atoms with Gasteiger partial charge in [-0.05, 0) is 25.3 Å². The van der Waals surface area contributed by atoms with Crippen molar-refractivity contribution in [3.63, 3.8) is 0 Å². The lowest BCUT2D eigenvalue weighted by molar-refractivity contribution is 0.0958. The molecule has 3 rings (SSSR count). The Hall–Kier alpha value is -1.73. The van der Waals surface area contributed by atoms with Crippen LogP contribution in [0.5, 0.6) is 0 Å². The number of rotatable bonds is 3. The molecule has 0 bridgehead atoms. The summed E-state index contributed by atoms with van der Waals surface area (Å²) in [6.07, 6.45) is 4.03. The molecular formula is C15H20N4O2S. The van der Waals surface area contributed by atoms with E-state index in [1.54, 1.807) is 4.57 Å². The summed E-state index contributed by atoms with van der Waals surface area (Å²) in [5.74, 6) is 0.677. The van der Waals surface area contributed by atoms with Gasteiger partial charge in [-0.1, -0.05) is 6.42 Å². The van der Waals surface area contributed by atoms with Crippen LogP contribution in [-0.4, -0.2) is 28.5 Å². The van der Waals surface area contributed by atoms with Gasteiger partial charge >= 0.3 is 0 Å². The Morgan fingerprint density at radius 1 is 1.41 bits per heavy atom. The number of nitrogens with one attached hydrogen (secondary N) is 1. The average Bonchev–Trinajstić information content (AvgIpc) is 2.69. The zero-order chi connectivity index (χ0) is 15.7. The molecule has 3 N–H and O–H groups in total. The summed E-state index contributed by atoms with van der Waals surface area (Å²) in [5, 5.41) is 3.35. The first kappa shape index (κ1) is 15.2. The smallest absolute Gasteiger partial charge is 0.262 e. The molecule has 6 nitrogen and oxygen atoms in total. The van der Waals surface area contributed by atoms with Gasteiger partial charge in [-0.15, -0.1) is 11.3 Å². The van der Waals surface area contributed by atoms with Crippen LogP contribution in [-0.2, 0) is 13.0 Å². The Morgan fingerprint density at radius 2 is 2.23 bits per heavy atom. The van der Waals surface area contributed by atoms with E-state index in [1.807, 2.05) is 6.92 Å². The van der Waals surface area contributed by atoms with Crippen LogP contribution in [0, 0.1) is 6.92 Å². The Morgan fingerprint density at radius 3 is 3.00 bits per heavy atom. The van der Waals surface area contributed by atoms with Gasteiger partial charge in [0.05, 0.1) is 10.3 Å². The molecule has 1 aliphatic heterocycles. The van der Waals surface area contributed by atoms with Gasteiger partial charge in [0.1, 0.15) is 10.7 Å². The maximum atomic E-state index is 12.8. The second kappa shape index (κ2) is 6.18. The molecule has 0 spiro atoms. The number of hydrogen-bond acceptors (Lipinski definition) is 5. The summed E-state index contributed by atoms with van der Waals surface area (Å²) in [5.41, 5.74) is 6.13. The molecule has 0 atom stereocenters. The predicted octanol–water partition coefficient (Wildman–Crippen LogP) is 1.18. The number of aryl methyl sites for hydroxylation is 2. The average molecular weight is 320 g/mol. The summed E-state index contributed by atoms with van der Waals surface area (Å²) in [7, 11) is 0. The van der Waals surface area contributed by atoms with E-state index in [0.717, 1.165) is 43.6 Å². The highest BCUT2D eigenvalue weighted by Gasteiger charge is 2.21. The number of carbonyl (C=O) groups is 1. The Labute approximate surface area is 132 Å². The van der Waals surface area contributed by atoms with E-state index < -0.39 is 0 Å². The predicted molar refractivity (Wildman–Crippen MR) is 87.6 cm³/mol. The van der Waals surface area contributed by atoms with Crippen LogP contribution < -0.4 is 16.6 Å². The standard InChI is InChI=1S/C15H20N4O2S/c1-9-11-14(22-12(9)13(20)17-7-6-16)18-10-5-3-2-4-8-19(10)15(11)21/h2-8,16H2,1H3,(H,17,20). The van der Waals surface area contributed by atoms with Crippen molar-refractivity contribution in [1.82, 2.24) is 14.9 Å². The van der Waals surface area contributed by atoms with E-state index in [-0.39, 0.29) is 11.5 Å². The van der Waals surface area contributed by atoms with Gasteiger partial charge in [0.25, 0.3) is 11.5 Å². The fourth-order valence-corrected chi connectivity index (χ4v) is 4.00. The molecule has 7 heteroatoms. The van der Waals surface area contributed by atoms with Crippen LogP contribution in [0.2, 0.25) is 0 Å². The first-order valence-corrected chi connectivity index (χ1v) is 8.46. The maximum absolute atomic E-state index is 12.8. The molecule has 0 aromatic carbocycles. The number of nitrogens with zero attached hydrogens (tertiary/aromatic N) is 2. The van der Waals surface area contributed by atoms with Gasteiger partial charge in [-0.2, -0.15) is 0 Å². The van der Waals surface area contributed by atoms with Crippen LogP contribution in [0.3, 0.4) is 0 Å². The van der Waals surface area contributed by atoms with Gasteiger partial charge in [0.15, 0.2) is 0 Å². The SMILES string of the molecule is Cc1c(C(=O)NCCN)sc2nc3n(c(=O)c12)CCCCC3. The first-order valence-electron chi connectivity index (χ1n) is 7.64. The van der Waals surface area contributed by atoms with E-state index in [4.69, 9.17) is 5.73 Å². The number of fused-ring (bicyclic) bond motifs is 2. The highest BCUT2D eigenvalue weighted by molar-refractivity contribution is 7.20. The quantitative estimate of drug-likeness (QED) is 0.888. The van der Waals surface area contributed by atoms with Crippen LogP contribution >= 0.6 is 11.3 Å². The monoisotopic (exact) mass is 320 g/mol. The molecular weight excluding hydrogens is 300 g/mol. The summed E-state index contributed by atoms with van der Waals surface area (Å²) in [6.45, 7) is 3.37. The number of nitrogens with two attached hydrogens (primary N) is 1. The molecule has 0 saturated heterocycles. The second-order valence-corrected chi connectivity index (χ2v) is 6.58. The van der Waals surface area contributed by atoms with E-state index in [2.05, 4.69) is 10.3 Å². The Kier molecular flexibility index (Phi) is 4.26. The third-order valence-electron chi connectivity index (χ3n) is 4.05. The fourth-order valence-electron chi connectivity index (χ4n) is 2.89. The lowest BCUT2D eigenvalue weighted by Crippen LogP contribution is -2.29. The van der Waals surface area contributed by atoms with Crippen molar-refractivity contribution in [1.29, 1.82) is 0 Å². The number of thiophene rings is 1.